The highest BCUT2D eigenvalue weighted by Crippen LogP contribution is 2.29. The highest BCUT2D eigenvalue weighted by Gasteiger charge is 2.07. The lowest BCUT2D eigenvalue weighted by atomic mass is 10.3. The first-order valence-electron chi connectivity index (χ1n) is 5.30. The molecule has 1 N–H and O–H groups in total. The smallest absolute Gasteiger partial charge is 0.300 e. The molecule has 3 nitrogen and oxygen atoms in total. The number of anilines is 2. The van der Waals surface area contributed by atoms with Crippen LogP contribution in [0.15, 0.2) is 46.9 Å². The lowest BCUT2D eigenvalue weighted by Gasteiger charge is -2.03. The van der Waals surface area contributed by atoms with E-state index in [1.165, 1.54) is 0 Å². The number of rotatable bonds is 2. The molecule has 0 unspecified atom stereocenters. The van der Waals surface area contributed by atoms with Crippen LogP contribution in [0.1, 0.15) is 0 Å². The molecule has 0 saturated heterocycles. The van der Waals surface area contributed by atoms with Crippen LogP contribution in [0.3, 0.4) is 0 Å². The second-order valence-corrected chi connectivity index (χ2v) is 4.58. The first kappa shape index (κ1) is 11.4. The molecule has 0 aliphatic heterocycles. The highest BCUT2D eigenvalue weighted by atomic mass is 35.5. The van der Waals surface area contributed by atoms with Gasteiger partial charge in [0, 0.05) is 5.02 Å². The number of hydrogen-bond acceptors (Lipinski definition) is 3. The number of halogens is 2. The molecular formula is C13H8Cl2N2O. The second-order valence-electron chi connectivity index (χ2n) is 3.74. The molecular weight excluding hydrogens is 271 g/mol. The van der Waals surface area contributed by atoms with Gasteiger partial charge in [-0.2, -0.15) is 4.98 Å². The van der Waals surface area contributed by atoms with Gasteiger partial charge in [0.05, 0.1) is 10.7 Å². The van der Waals surface area contributed by atoms with Gasteiger partial charge >= 0.3 is 0 Å². The summed E-state index contributed by atoms with van der Waals surface area (Å²) in [5.74, 6) is 0. The molecule has 5 heteroatoms. The monoisotopic (exact) mass is 278 g/mol. The molecule has 0 atom stereocenters. The summed E-state index contributed by atoms with van der Waals surface area (Å²) in [6, 6.07) is 13.1. The lowest BCUT2D eigenvalue weighted by molar-refractivity contribution is 0.623. The van der Waals surface area contributed by atoms with Crippen molar-refractivity contribution >= 4 is 46.0 Å². The SMILES string of the molecule is Clc1ccc(Nc2nc3ccccc3o2)c(Cl)c1. The van der Waals surface area contributed by atoms with E-state index in [0.29, 0.717) is 21.7 Å². The van der Waals surface area contributed by atoms with Crippen LogP contribution >= 0.6 is 23.2 Å². The Hall–Kier alpha value is -1.71. The van der Waals surface area contributed by atoms with Crippen LogP contribution in [-0.2, 0) is 0 Å². The normalized spacial score (nSPS) is 10.8. The van der Waals surface area contributed by atoms with Crippen molar-refractivity contribution in [3.05, 3.63) is 52.5 Å². The van der Waals surface area contributed by atoms with E-state index in [4.69, 9.17) is 27.6 Å². The van der Waals surface area contributed by atoms with E-state index in [9.17, 15) is 0 Å². The average Bonchev–Trinajstić information content (AvgIpc) is 2.75. The molecule has 0 saturated carbocycles. The standard InChI is InChI=1S/C13H8Cl2N2O/c14-8-5-6-10(9(15)7-8)16-13-17-11-3-1-2-4-12(11)18-13/h1-7H,(H,16,17). The van der Waals surface area contributed by atoms with Crippen LogP contribution in [0.4, 0.5) is 11.7 Å². The van der Waals surface area contributed by atoms with Crippen LogP contribution < -0.4 is 5.32 Å². The maximum atomic E-state index is 6.06. The van der Waals surface area contributed by atoms with Crippen LogP contribution in [0.2, 0.25) is 10.0 Å². The van der Waals surface area contributed by atoms with E-state index in [1.54, 1.807) is 18.2 Å². The van der Waals surface area contributed by atoms with Gasteiger partial charge in [0.2, 0.25) is 0 Å². The molecule has 1 heterocycles. The summed E-state index contributed by atoms with van der Waals surface area (Å²) in [5, 5.41) is 4.12. The zero-order chi connectivity index (χ0) is 12.5. The first-order chi connectivity index (χ1) is 8.72. The van der Waals surface area contributed by atoms with Crippen molar-refractivity contribution in [1.29, 1.82) is 0 Å². The molecule has 0 spiro atoms. The number of para-hydroxylation sites is 2. The van der Waals surface area contributed by atoms with Gasteiger partial charge in [0.25, 0.3) is 6.01 Å². The summed E-state index contributed by atoms with van der Waals surface area (Å²) < 4.78 is 5.54. The van der Waals surface area contributed by atoms with Gasteiger partial charge < -0.3 is 9.73 Å². The fourth-order valence-corrected chi connectivity index (χ4v) is 2.09. The van der Waals surface area contributed by atoms with Crippen LogP contribution in [-0.4, -0.2) is 4.98 Å². The van der Waals surface area contributed by atoms with Crippen molar-refractivity contribution in [2.24, 2.45) is 0 Å². The Labute approximate surface area is 113 Å². The number of benzene rings is 2. The summed E-state index contributed by atoms with van der Waals surface area (Å²) >= 11 is 11.9. The molecule has 0 amide bonds. The summed E-state index contributed by atoms with van der Waals surface area (Å²) in [4.78, 5) is 4.30. The Bertz CT molecular complexity index is 676. The summed E-state index contributed by atoms with van der Waals surface area (Å²) in [6.45, 7) is 0. The van der Waals surface area contributed by atoms with Crippen LogP contribution in [0, 0.1) is 0 Å². The quantitative estimate of drug-likeness (QED) is 0.726. The Morgan fingerprint density at radius 2 is 1.89 bits per heavy atom. The fraction of sp³-hybridized carbons (Fsp3) is 0. The van der Waals surface area contributed by atoms with Crippen molar-refractivity contribution in [2.75, 3.05) is 5.32 Å². The largest absolute Gasteiger partial charge is 0.423 e. The van der Waals surface area contributed by atoms with E-state index in [1.807, 2.05) is 24.3 Å². The molecule has 18 heavy (non-hydrogen) atoms. The maximum Gasteiger partial charge on any atom is 0.300 e. The van der Waals surface area contributed by atoms with E-state index in [2.05, 4.69) is 10.3 Å². The number of aromatic nitrogens is 1. The predicted molar refractivity (Wildman–Crippen MR) is 73.8 cm³/mol. The maximum absolute atomic E-state index is 6.06. The van der Waals surface area contributed by atoms with Crippen molar-refractivity contribution in [3.63, 3.8) is 0 Å². The van der Waals surface area contributed by atoms with E-state index in [-0.39, 0.29) is 0 Å². The van der Waals surface area contributed by atoms with Gasteiger partial charge in [-0.3, -0.25) is 0 Å². The third kappa shape index (κ3) is 2.15. The average molecular weight is 279 g/mol. The molecule has 90 valence electrons. The van der Waals surface area contributed by atoms with Gasteiger partial charge in [-0.05, 0) is 30.3 Å². The second kappa shape index (κ2) is 4.52. The molecule has 0 aliphatic rings. The highest BCUT2D eigenvalue weighted by molar-refractivity contribution is 6.36. The minimum Gasteiger partial charge on any atom is -0.423 e. The van der Waals surface area contributed by atoms with E-state index in [0.717, 1.165) is 11.1 Å². The number of nitrogens with zero attached hydrogens (tertiary/aromatic N) is 1. The van der Waals surface area contributed by atoms with Gasteiger partial charge in [-0.1, -0.05) is 35.3 Å². The van der Waals surface area contributed by atoms with Gasteiger partial charge in [0.15, 0.2) is 5.58 Å². The topological polar surface area (TPSA) is 38.1 Å². The molecule has 0 radical (unpaired) electrons. The minimum absolute atomic E-state index is 0.403. The number of nitrogens with one attached hydrogen (secondary N) is 1. The lowest BCUT2D eigenvalue weighted by Crippen LogP contribution is -1.90. The molecule has 0 bridgehead atoms. The summed E-state index contributed by atoms with van der Waals surface area (Å²) in [6.07, 6.45) is 0. The molecule has 0 fully saturated rings. The van der Waals surface area contributed by atoms with Crippen LogP contribution in [0.5, 0.6) is 0 Å². The number of hydrogen-bond donors (Lipinski definition) is 1. The number of oxazole rings is 1. The van der Waals surface area contributed by atoms with Gasteiger partial charge in [-0.15, -0.1) is 0 Å². The third-order valence-electron chi connectivity index (χ3n) is 2.47. The van der Waals surface area contributed by atoms with Crippen molar-refractivity contribution < 1.29 is 4.42 Å². The predicted octanol–water partition coefficient (Wildman–Crippen LogP) is 4.88. The third-order valence-corrected chi connectivity index (χ3v) is 3.01. The fourth-order valence-electron chi connectivity index (χ4n) is 1.63. The summed E-state index contributed by atoms with van der Waals surface area (Å²) in [7, 11) is 0. The molecule has 3 rings (SSSR count). The molecule has 2 aromatic carbocycles. The van der Waals surface area contributed by atoms with Crippen molar-refractivity contribution in [2.45, 2.75) is 0 Å². The zero-order valence-electron chi connectivity index (χ0n) is 9.15. The zero-order valence-corrected chi connectivity index (χ0v) is 10.7. The van der Waals surface area contributed by atoms with Crippen molar-refractivity contribution in [1.82, 2.24) is 4.98 Å². The minimum atomic E-state index is 0.403. The first-order valence-corrected chi connectivity index (χ1v) is 6.05. The molecule has 0 aliphatic carbocycles. The van der Waals surface area contributed by atoms with E-state index >= 15 is 0 Å². The molecule has 1 aromatic heterocycles. The molecule has 3 aromatic rings. The Balaban J connectivity index is 1.96. The van der Waals surface area contributed by atoms with Gasteiger partial charge in [0.1, 0.15) is 5.52 Å². The van der Waals surface area contributed by atoms with E-state index < -0.39 is 0 Å². The Kier molecular flexibility index (Phi) is 2.86. The van der Waals surface area contributed by atoms with Gasteiger partial charge in [-0.25, -0.2) is 0 Å². The van der Waals surface area contributed by atoms with Crippen molar-refractivity contribution in [3.8, 4) is 0 Å². The Morgan fingerprint density at radius 3 is 2.67 bits per heavy atom. The summed E-state index contributed by atoms with van der Waals surface area (Å²) in [5.41, 5.74) is 2.22. The van der Waals surface area contributed by atoms with Crippen LogP contribution in [0.25, 0.3) is 11.1 Å². The number of fused-ring (bicyclic) bond motifs is 1. The Morgan fingerprint density at radius 1 is 1.06 bits per heavy atom.